The number of anilines is 2. The highest BCUT2D eigenvalue weighted by Gasteiger charge is 2.29. The number of methoxy groups -OCH3 is 1. The molecule has 0 fully saturated rings. The van der Waals surface area contributed by atoms with E-state index in [9.17, 15) is 18.5 Å². The summed E-state index contributed by atoms with van der Waals surface area (Å²) in [5.74, 6) is 0.722. The molecule has 178 valence electrons. The Kier molecular flexibility index (Phi) is 7.20. The predicted octanol–water partition coefficient (Wildman–Crippen LogP) is 3.52. The summed E-state index contributed by atoms with van der Waals surface area (Å²) < 4.78 is 33.2. The number of hydrogen-bond donors (Lipinski definition) is 2. The van der Waals surface area contributed by atoms with Gasteiger partial charge in [0, 0.05) is 23.9 Å². The van der Waals surface area contributed by atoms with Crippen LogP contribution < -0.4 is 10.1 Å². The zero-order valence-electron chi connectivity index (χ0n) is 18.9. The second-order valence-electron chi connectivity index (χ2n) is 7.48. The van der Waals surface area contributed by atoms with Gasteiger partial charge in [0.2, 0.25) is 0 Å². The van der Waals surface area contributed by atoms with Crippen molar-refractivity contribution < 1.29 is 22.6 Å². The molecule has 2 heterocycles. The highest BCUT2D eigenvalue weighted by molar-refractivity contribution is 7.85. The van der Waals surface area contributed by atoms with Crippen molar-refractivity contribution in [1.82, 2.24) is 14.7 Å². The van der Waals surface area contributed by atoms with Crippen LogP contribution in [0.5, 0.6) is 5.75 Å². The number of ether oxygens (including phenoxy) is 1. The molecular formula is C21H27N5O6S. The summed E-state index contributed by atoms with van der Waals surface area (Å²) in [5, 5.41) is 20.5. The first kappa shape index (κ1) is 24.4. The normalized spacial score (nSPS) is 12.1. The van der Waals surface area contributed by atoms with E-state index in [1.165, 1.54) is 0 Å². The lowest BCUT2D eigenvalue weighted by Crippen LogP contribution is -2.27. The number of nitrogens with one attached hydrogen (secondary N) is 1. The fourth-order valence-electron chi connectivity index (χ4n) is 3.76. The van der Waals surface area contributed by atoms with E-state index in [2.05, 4.69) is 24.1 Å². The Morgan fingerprint density at radius 2 is 1.91 bits per heavy atom. The number of nitrogens with zero attached hydrogens (tertiary/aromatic N) is 4. The van der Waals surface area contributed by atoms with Gasteiger partial charge >= 0.3 is 0 Å². The Morgan fingerprint density at radius 1 is 1.24 bits per heavy atom. The van der Waals surface area contributed by atoms with Gasteiger partial charge < -0.3 is 15.0 Å². The lowest BCUT2D eigenvalue weighted by Gasteiger charge is -2.18. The minimum absolute atomic E-state index is 0.0542. The molecule has 0 bridgehead atoms. The van der Waals surface area contributed by atoms with Gasteiger partial charge in [0.05, 0.1) is 35.7 Å². The first-order valence-electron chi connectivity index (χ1n) is 10.4. The molecule has 1 aromatic heterocycles. The fourth-order valence-corrected chi connectivity index (χ4v) is 3.76. The maximum Gasteiger partial charge on any atom is 0.293 e. The molecule has 11 nitrogen and oxygen atoms in total. The van der Waals surface area contributed by atoms with Crippen LogP contribution in [0.25, 0.3) is 22.2 Å². The minimum atomic E-state index is -3.67. The Balaban J connectivity index is 0.000000555. The molecule has 1 aliphatic heterocycles. The van der Waals surface area contributed by atoms with Crippen LogP contribution >= 0.6 is 0 Å². The average molecular weight is 478 g/mol. The summed E-state index contributed by atoms with van der Waals surface area (Å²) in [6.07, 6.45) is 0.715. The van der Waals surface area contributed by atoms with Crippen molar-refractivity contribution in [3.63, 3.8) is 0 Å². The molecule has 0 saturated heterocycles. The first-order chi connectivity index (χ1) is 15.6. The van der Waals surface area contributed by atoms with Gasteiger partial charge in [0.25, 0.3) is 15.8 Å². The molecule has 0 aliphatic carbocycles. The highest BCUT2D eigenvalue weighted by atomic mass is 32.2. The Hall–Kier alpha value is -3.22. The molecule has 2 aromatic carbocycles. The summed E-state index contributed by atoms with van der Waals surface area (Å²) in [5.41, 5.74) is 3.88. The quantitative estimate of drug-likeness (QED) is 0.232. The third-order valence-electron chi connectivity index (χ3n) is 5.36. The molecule has 12 heteroatoms. The van der Waals surface area contributed by atoms with Gasteiger partial charge in [-0.3, -0.25) is 19.3 Å². The molecule has 0 atom stereocenters. The van der Waals surface area contributed by atoms with Gasteiger partial charge in [-0.2, -0.15) is 13.5 Å². The van der Waals surface area contributed by atoms with E-state index in [1.54, 1.807) is 19.2 Å². The van der Waals surface area contributed by atoms with Crippen molar-refractivity contribution in [2.45, 2.75) is 20.4 Å². The Morgan fingerprint density at radius 3 is 2.48 bits per heavy atom. The van der Waals surface area contributed by atoms with E-state index in [4.69, 9.17) is 14.4 Å². The fraction of sp³-hybridized carbons (Fsp3) is 0.381. The average Bonchev–Trinajstić information content (AvgIpc) is 3.13. The summed E-state index contributed by atoms with van der Waals surface area (Å²) >= 11 is 0. The zero-order chi connectivity index (χ0) is 24.3. The number of rotatable bonds is 7. The third-order valence-corrected chi connectivity index (χ3v) is 5.36. The number of benzene rings is 2. The van der Waals surface area contributed by atoms with Crippen molar-refractivity contribution in [3.8, 4) is 17.0 Å². The SMILES string of the molecule is CCN(CC)CCn1nc2c3c(c([N+](=O)[O-])ccc31)Nc1ccc(OC)cc1-2.CS(=O)(=O)O. The van der Waals surface area contributed by atoms with Crippen molar-refractivity contribution in [1.29, 1.82) is 0 Å². The smallest absolute Gasteiger partial charge is 0.293 e. The van der Waals surface area contributed by atoms with Crippen LogP contribution in [0.4, 0.5) is 17.1 Å². The van der Waals surface area contributed by atoms with E-state index < -0.39 is 10.1 Å². The number of nitro groups is 1. The maximum atomic E-state index is 11.6. The van der Waals surface area contributed by atoms with Crippen molar-refractivity contribution in [2.75, 3.05) is 38.3 Å². The van der Waals surface area contributed by atoms with E-state index in [1.807, 2.05) is 22.9 Å². The Bertz CT molecular complexity index is 1280. The molecule has 3 aromatic rings. The molecule has 33 heavy (non-hydrogen) atoms. The van der Waals surface area contributed by atoms with Crippen molar-refractivity contribution >= 4 is 38.1 Å². The van der Waals surface area contributed by atoms with Crippen LogP contribution in [0.3, 0.4) is 0 Å². The van der Waals surface area contributed by atoms with Crippen molar-refractivity contribution in [3.05, 3.63) is 40.4 Å². The van der Waals surface area contributed by atoms with E-state index in [0.717, 1.165) is 53.2 Å². The van der Waals surface area contributed by atoms with Crippen LogP contribution in [-0.4, -0.2) is 65.6 Å². The maximum absolute atomic E-state index is 11.6. The van der Waals surface area contributed by atoms with E-state index in [-0.39, 0.29) is 10.6 Å². The third kappa shape index (κ3) is 5.41. The predicted molar refractivity (Wildman–Crippen MR) is 127 cm³/mol. The largest absolute Gasteiger partial charge is 0.497 e. The van der Waals surface area contributed by atoms with Gasteiger partial charge in [-0.15, -0.1) is 0 Å². The summed E-state index contributed by atoms with van der Waals surface area (Å²) in [4.78, 5) is 13.6. The zero-order valence-corrected chi connectivity index (χ0v) is 19.7. The van der Waals surface area contributed by atoms with Crippen LogP contribution in [0.1, 0.15) is 13.8 Å². The van der Waals surface area contributed by atoms with Crippen molar-refractivity contribution in [2.24, 2.45) is 0 Å². The molecule has 0 radical (unpaired) electrons. The van der Waals surface area contributed by atoms with Gasteiger partial charge in [-0.1, -0.05) is 13.8 Å². The molecular weight excluding hydrogens is 450 g/mol. The molecule has 0 amide bonds. The van der Waals surface area contributed by atoms with Crippen LogP contribution in [0.2, 0.25) is 0 Å². The highest BCUT2D eigenvalue weighted by Crippen LogP contribution is 2.47. The lowest BCUT2D eigenvalue weighted by atomic mass is 9.99. The van der Waals surface area contributed by atoms with E-state index in [0.29, 0.717) is 18.5 Å². The van der Waals surface area contributed by atoms with Crippen LogP contribution in [0.15, 0.2) is 30.3 Å². The van der Waals surface area contributed by atoms with Gasteiger partial charge in [-0.25, -0.2) is 0 Å². The lowest BCUT2D eigenvalue weighted by molar-refractivity contribution is -0.383. The van der Waals surface area contributed by atoms with Gasteiger partial charge in [0.15, 0.2) is 0 Å². The molecule has 4 rings (SSSR count). The second kappa shape index (κ2) is 9.73. The number of fused-ring (bicyclic) bond motifs is 2. The number of nitro benzene ring substituents is 1. The summed E-state index contributed by atoms with van der Waals surface area (Å²) in [6.45, 7) is 7.81. The standard InChI is InChI=1S/C20H23N5O3.CH4O3S/c1-4-23(5-2)10-11-24-16-8-9-17(25(26)27)20-18(16)19(22-24)14-12-13(28-3)6-7-15(14)21-20;1-5(2,3)4/h6-9,12,21H,4-5,10-11H2,1-3H3;1H3,(H,2,3,4). The molecule has 1 aliphatic rings. The van der Waals surface area contributed by atoms with E-state index >= 15 is 0 Å². The summed E-state index contributed by atoms with van der Waals surface area (Å²) in [7, 11) is -2.05. The Labute approximate surface area is 191 Å². The van der Waals surface area contributed by atoms with Crippen LogP contribution in [-0.2, 0) is 16.7 Å². The molecule has 0 unspecified atom stereocenters. The van der Waals surface area contributed by atoms with Gasteiger partial charge in [-0.05, 0) is 37.4 Å². The van der Waals surface area contributed by atoms with Crippen LogP contribution in [0, 0.1) is 10.1 Å². The monoisotopic (exact) mass is 477 g/mol. The molecule has 0 saturated carbocycles. The topological polar surface area (TPSA) is 140 Å². The number of likely N-dealkylation sites (N-methyl/N-ethyl adjacent to an activating group) is 1. The first-order valence-corrected chi connectivity index (χ1v) is 12.2. The van der Waals surface area contributed by atoms with Gasteiger partial charge in [0.1, 0.15) is 17.1 Å². The molecule has 2 N–H and O–H groups in total. The summed E-state index contributed by atoms with van der Waals surface area (Å²) in [6, 6.07) is 8.97. The molecule has 0 spiro atoms. The second-order valence-corrected chi connectivity index (χ2v) is 8.95. The number of hydrogen-bond acceptors (Lipinski definition) is 8. The number of aromatic nitrogens is 2. The minimum Gasteiger partial charge on any atom is -0.497 e.